The molecule has 0 bridgehead atoms. The number of rotatable bonds is 2. The minimum Gasteiger partial charge on any atom is -0.387 e. The van der Waals surface area contributed by atoms with Crippen molar-refractivity contribution in [3.8, 4) is 0 Å². The van der Waals surface area contributed by atoms with E-state index in [1.807, 2.05) is 18.8 Å². The van der Waals surface area contributed by atoms with Gasteiger partial charge in [0.15, 0.2) is 5.96 Å². The predicted octanol–water partition coefficient (Wildman–Crippen LogP) is 2.09. The van der Waals surface area contributed by atoms with E-state index in [9.17, 15) is 5.11 Å². The summed E-state index contributed by atoms with van der Waals surface area (Å²) in [5.41, 5.74) is 0.0127. The molecular formula is C16H29N3OS. The molecule has 5 heteroatoms. The van der Waals surface area contributed by atoms with Gasteiger partial charge >= 0.3 is 0 Å². The molecule has 3 aliphatic rings. The van der Waals surface area contributed by atoms with Crippen LogP contribution in [0.1, 0.15) is 44.9 Å². The van der Waals surface area contributed by atoms with Gasteiger partial charge in [0.2, 0.25) is 0 Å². The minimum absolute atomic E-state index is 0.539. The Morgan fingerprint density at radius 1 is 1.24 bits per heavy atom. The van der Waals surface area contributed by atoms with Gasteiger partial charge in [-0.3, -0.25) is 4.99 Å². The molecule has 2 N–H and O–H groups in total. The summed E-state index contributed by atoms with van der Waals surface area (Å²) in [6.45, 7) is 2.91. The fraction of sp³-hybridized carbons (Fsp3) is 0.938. The van der Waals surface area contributed by atoms with E-state index < -0.39 is 5.60 Å². The van der Waals surface area contributed by atoms with Gasteiger partial charge in [0.25, 0.3) is 0 Å². The highest BCUT2D eigenvalue weighted by Gasteiger charge is 2.40. The van der Waals surface area contributed by atoms with E-state index in [1.54, 1.807) is 0 Å². The first-order valence-corrected chi connectivity index (χ1v) is 9.56. The third-order valence-corrected chi connectivity index (χ3v) is 6.76. The maximum Gasteiger partial charge on any atom is 0.193 e. The summed E-state index contributed by atoms with van der Waals surface area (Å²) in [7, 11) is 1.86. The maximum atomic E-state index is 10.5. The Kier molecular flexibility index (Phi) is 4.69. The molecule has 0 aromatic carbocycles. The second-order valence-corrected chi connectivity index (χ2v) is 8.27. The van der Waals surface area contributed by atoms with Crippen molar-refractivity contribution >= 4 is 17.7 Å². The van der Waals surface area contributed by atoms with Gasteiger partial charge < -0.3 is 15.3 Å². The SMILES string of the molecule is CN=C(NCC1(O)CCSC1)N1CCC2(CCCCC2)C1. The zero-order chi connectivity index (χ0) is 14.8. The molecule has 0 radical (unpaired) electrons. The number of guanidine groups is 1. The number of thioether (sulfide) groups is 1. The Bertz CT molecular complexity index is 387. The first kappa shape index (κ1) is 15.5. The van der Waals surface area contributed by atoms with Crippen LogP contribution in [-0.2, 0) is 0 Å². The number of hydrogen-bond acceptors (Lipinski definition) is 3. The number of hydrogen-bond donors (Lipinski definition) is 2. The number of likely N-dealkylation sites (tertiary alicyclic amines) is 1. The molecule has 1 unspecified atom stereocenters. The first-order chi connectivity index (χ1) is 10.1. The van der Waals surface area contributed by atoms with Crippen LogP contribution < -0.4 is 5.32 Å². The van der Waals surface area contributed by atoms with Crippen LogP contribution in [0.5, 0.6) is 0 Å². The number of aliphatic imine (C=N–C) groups is 1. The minimum atomic E-state index is -0.539. The molecule has 3 fully saturated rings. The van der Waals surface area contributed by atoms with Gasteiger partial charge in [0.05, 0.1) is 5.60 Å². The Hall–Kier alpha value is -0.420. The molecule has 1 atom stereocenters. The van der Waals surface area contributed by atoms with Crippen LogP contribution in [-0.4, -0.2) is 59.8 Å². The van der Waals surface area contributed by atoms with E-state index >= 15 is 0 Å². The first-order valence-electron chi connectivity index (χ1n) is 8.41. The van der Waals surface area contributed by atoms with Crippen LogP contribution in [0, 0.1) is 5.41 Å². The van der Waals surface area contributed by atoms with E-state index in [0.29, 0.717) is 12.0 Å². The van der Waals surface area contributed by atoms with Crippen molar-refractivity contribution in [3.05, 3.63) is 0 Å². The summed E-state index contributed by atoms with van der Waals surface area (Å²) in [5, 5.41) is 13.9. The second-order valence-electron chi connectivity index (χ2n) is 7.16. The van der Waals surface area contributed by atoms with Gasteiger partial charge in [-0.25, -0.2) is 0 Å². The smallest absolute Gasteiger partial charge is 0.193 e. The summed E-state index contributed by atoms with van der Waals surface area (Å²) in [6, 6.07) is 0. The van der Waals surface area contributed by atoms with Gasteiger partial charge in [-0.15, -0.1) is 0 Å². The Balaban J connectivity index is 1.55. The van der Waals surface area contributed by atoms with E-state index in [2.05, 4.69) is 15.2 Å². The summed E-state index contributed by atoms with van der Waals surface area (Å²) in [4.78, 5) is 6.87. The molecule has 2 aliphatic heterocycles. The van der Waals surface area contributed by atoms with Crippen molar-refractivity contribution in [1.82, 2.24) is 10.2 Å². The van der Waals surface area contributed by atoms with Crippen LogP contribution in [0.25, 0.3) is 0 Å². The molecule has 0 aromatic heterocycles. The molecule has 1 spiro atoms. The number of nitrogens with zero attached hydrogens (tertiary/aromatic N) is 2. The van der Waals surface area contributed by atoms with Gasteiger partial charge in [-0.1, -0.05) is 19.3 Å². The fourth-order valence-electron chi connectivity index (χ4n) is 4.14. The van der Waals surface area contributed by atoms with Crippen molar-refractivity contribution in [1.29, 1.82) is 0 Å². The van der Waals surface area contributed by atoms with Gasteiger partial charge in [-0.05, 0) is 36.9 Å². The molecule has 3 rings (SSSR count). The van der Waals surface area contributed by atoms with Crippen LogP contribution in [0.15, 0.2) is 4.99 Å². The standard InChI is InChI=1S/C16H29N3OS/c1-17-14(18-11-16(20)8-10-21-13-16)19-9-7-15(12-19)5-3-2-4-6-15/h20H,2-13H2,1H3,(H,17,18). The summed E-state index contributed by atoms with van der Waals surface area (Å²) in [6.07, 6.45) is 9.20. The molecule has 2 saturated heterocycles. The van der Waals surface area contributed by atoms with E-state index in [4.69, 9.17) is 0 Å². The lowest BCUT2D eigenvalue weighted by Crippen LogP contribution is -2.48. The Labute approximate surface area is 132 Å². The van der Waals surface area contributed by atoms with Crippen molar-refractivity contribution in [3.63, 3.8) is 0 Å². The van der Waals surface area contributed by atoms with E-state index in [-0.39, 0.29) is 0 Å². The lowest BCUT2D eigenvalue weighted by Gasteiger charge is -2.34. The number of nitrogens with one attached hydrogen (secondary N) is 1. The molecule has 1 saturated carbocycles. The largest absolute Gasteiger partial charge is 0.387 e. The van der Waals surface area contributed by atoms with Crippen LogP contribution in [0.2, 0.25) is 0 Å². The normalized spacial score (nSPS) is 32.9. The van der Waals surface area contributed by atoms with Gasteiger partial charge in [0.1, 0.15) is 0 Å². The number of aliphatic hydroxyl groups is 1. The highest BCUT2D eigenvalue weighted by Crippen LogP contribution is 2.43. The van der Waals surface area contributed by atoms with E-state index in [0.717, 1.165) is 37.0 Å². The predicted molar refractivity (Wildman–Crippen MR) is 90.0 cm³/mol. The van der Waals surface area contributed by atoms with E-state index in [1.165, 1.54) is 38.5 Å². The van der Waals surface area contributed by atoms with Crippen molar-refractivity contribution < 1.29 is 5.11 Å². The van der Waals surface area contributed by atoms with Crippen molar-refractivity contribution in [2.24, 2.45) is 10.4 Å². The molecule has 1 aliphatic carbocycles. The highest BCUT2D eigenvalue weighted by molar-refractivity contribution is 7.99. The summed E-state index contributed by atoms with van der Waals surface area (Å²) in [5.74, 6) is 2.91. The van der Waals surface area contributed by atoms with Gasteiger partial charge in [-0.2, -0.15) is 11.8 Å². The quantitative estimate of drug-likeness (QED) is 0.605. The molecule has 0 aromatic rings. The third-order valence-electron chi connectivity index (χ3n) is 5.52. The highest BCUT2D eigenvalue weighted by atomic mass is 32.2. The molecule has 0 amide bonds. The Morgan fingerprint density at radius 2 is 2.05 bits per heavy atom. The molecule has 4 nitrogen and oxygen atoms in total. The molecule has 120 valence electrons. The third kappa shape index (κ3) is 3.50. The Morgan fingerprint density at radius 3 is 2.71 bits per heavy atom. The van der Waals surface area contributed by atoms with Crippen LogP contribution in [0.4, 0.5) is 0 Å². The van der Waals surface area contributed by atoms with Crippen LogP contribution >= 0.6 is 11.8 Å². The summed E-state index contributed by atoms with van der Waals surface area (Å²) < 4.78 is 0. The van der Waals surface area contributed by atoms with Gasteiger partial charge in [0, 0.05) is 32.4 Å². The monoisotopic (exact) mass is 311 g/mol. The average Bonchev–Trinajstić information content (AvgIpc) is 3.09. The summed E-state index contributed by atoms with van der Waals surface area (Å²) >= 11 is 1.85. The van der Waals surface area contributed by atoms with Crippen molar-refractivity contribution in [2.75, 3.05) is 38.2 Å². The second kappa shape index (κ2) is 6.37. The topological polar surface area (TPSA) is 47.9 Å². The zero-order valence-electron chi connectivity index (χ0n) is 13.2. The van der Waals surface area contributed by atoms with Crippen molar-refractivity contribution in [2.45, 2.75) is 50.5 Å². The fourth-order valence-corrected chi connectivity index (χ4v) is 5.43. The lowest BCUT2D eigenvalue weighted by molar-refractivity contribution is 0.0717. The molecule has 2 heterocycles. The lowest BCUT2D eigenvalue weighted by atomic mass is 9.73. The maximum absolute atomic E-state index is 10.5. The van der Waals surface area contributed by atoms with Crippen LogP contribution in [0.3, 0.4) is 0 Å². The zero-order valence-corrected chi connectivity index (χ0v) is 14.1. The average molecular weight is 311 g/mol. The molecule has 21 heavy (non-hydrogen) atoms. The molecular weight excluding hydrogens is 282 g/mol.